The number of hydrogen-bond donors (Lipinski definition) is 10. The average molecular weight is 563 g/mol. The first-order valence-electron chi connectivity index (χ1n) is 12.3. The Labute approximate surface area is 228 Å². The summed E-state index contributed by atoms with van der Waals surface area (Å²) in [5, 5.41) is 36.0. The van der Waals surface area contributed by atoms with Gasteiger partial charge in [-0.1, -0.05) is 18.2 Å². The number of carbonyl (C=O) groups excluding carboxylic acids is 3. The number of aromatic nitrogens is 1. The third kappa shape index (κ3) is 9.55. The zero-order valence-electron chi connectivity index (χ0n) is 21.5. The lowest BCUT2D eigenvalue weighted by molar-refractivity contribution is -0.142. The van der Waals surface area contributed by atoms with Crippen LogP contribution in [0.25, 0.3) is 10.9 Å². The zero-order valence-corrected chi connectivity index (χ0v) is 21.5. The van der Waals surface area contributed by atoms with Gasteiger partial charge < -0.3 is 53.5 Å². The standard InChI is InChI=1S/C24H34N8O8/c25-14(9-19(34)35)20(36)30-16(6-3-7-28-24(26)27)21(37)32-18(11-33)22(38)31-17(23(39)40)8-12-10-29-15-5-2-1-4-13(12)15/h1-2,4-5,10,14,16-18,29,33H,3,6-9,11,25H2,(H,30,36)(H,31,38)(H,32,37)(H,34,35)(H,39,40)(H4,26,27,28). The fraction of sp³-hybridized carbons (Fsp3) is 0.417. The Balaban J connectivity index is 2.11. The molecule has 0 fully saturated rings. The third-order valence-corrected chi connectivity index (χ3v) is 5.84. The summed E-state index contributed by atoms with van der Waals surface area (Å²) in [6, 6.07) is 1.49. The van der Waals surface area contributed by atoms with Crippen LogP contribution in [0.4, 0.5) is 0 Å². The number of nitrogens with one attached hydrogen (secondary N) is 4. The van der Waals surface area contributed by atoms with E-state index in [1.807, 2.05) is 12.1 Å². The highest BCUT2D eigenvalue weighted by molar-refractivity contribution is 5.95. The summed E-state index contributed by atoms with van der Waals surface area (Å²) in [5.41, 5.74) is 17.5. The molecule has 0 aliphatic heterocycles. The van der Waals surface area contributed by atoms with Crippen LogP contribution in [0.5, 0.6) is 0 Å². The smallest absolute Gasteiger partial charge is 0.326 e. The molecule has 16 nitrogen and oxygen atoms in total. The number of aliphatic hydroxyl groups excluding tert-OH is 1. The molecule has 2 aromatic rings. The molecule has 0 saturated carbocycles. The number of fused-ring (bicyclic) bond motifs is 1. The molecule has 0 aliphatic carbocycles. The van der Waals surface area contributed by atoms with Gasteiger partial charge in [0.05, 0.1) is 19.1 Å². The number of aromatic amines is 1. The summed E-state index contributed by atoms with van der Waals surface area (Å²) in [6.45, 7) is -0.786. The molecule has 0 spiro atoms. The van der Waals surface area contributed by atoms with Crippen molar-refractivity contribution < 1.29 is 39.3 Å². The number of H-pyrrole nitrogens is 1. The number of guanidine groups is 1. The van der Waals surface area contributed by atoms with Crippen LogP contribution in [0.3, 0.4) is 0 Å². The number of nitrogens with zero attached hydrogens (tertiary/aromatic N) is 1. The van der Waals surface area contributed by atoms with Crippen LogP contribution < -0.4 is 33.2 Å². The number of nitrogens with two attached hydrogens (primary N) is 3. The molecule has 4 atom stereocenters. The van der Waals surface area contributed by atoms with E-state index >= 15 is 0 Å². The lowest BCUT2D eigenvalue weighted by atomic mass is 10.0. The van der Waals surface area contributed by atoms with Crippen molar-refractivity contribution in [2.24, 2.45) is 22.2 Å². The highest BCUT2D eigenvalue weighted by atomic mass is 16.4. The molecule has 1 heterocycles. The van der Waals surface area contributed by atoms with E-state index in [1.165, 1.54) is 0 Å². The van der Waals surface area contributed by atoms with E-state index in [0.29, 0.717) is 5.56 Å². The van der Waals surface area contributed by atoms with Crippen LogP contribution in [0.2, 0.25) is 0 Å². The summed E-state index contributed by atoms with van der Waals surface area (Å²) < 4.78 is 0. The number of carboxylic acid groups (broad SMARTS) is 2. The Morgan fingerprint density at radius 1 is 0.925 bits per heavy atom. The Hall–Kier alpha value is -4.70. The van der Waals surface area contributed by atoms with Gasteiger partial charge in [-0.05, 0) is 24.5 Å². The van der Waals surface area contributed by atoms with Gasteiger partial charge in [-0.3, -0.25) is 24.2 Å². The number of carboxylic acids is 2. The first-order chi connectivity index (χ1) is 18.9. The number of rotatable bonds is 16. The van der Waals surface area contributed by atoms with Crippen LogP contribution in [0, 0.1) is 0 Å². The topological polar surface area (TPSA) is 288 Å². The summed E-state index contributed by atoms with van der Waals surface area (Å²) in [5.74, 6) is -5.66. The molecule has 1 aromatic carbocycles. The molecule has 40 heavy (non-hydrogen) atoms. The SMILES string of the molecule is NC(N)=NCCCC(NC(=O)C(N)CC(=O)O)C(=O)NC(CO)C(=O)NC(Cc1c[nH]c2ccccc12)C(=O)O. The maximum atomic E-state index is 13.0. The number of amides is 3. The molecule has 16 heteroatoms. The van der Waals surface area contributed by atoms with Crippen LogP contribution >= 0.6 is 0 Å². The van der Waals surface area contributed by atoms with Gasteiger partial charge in [0.25, 0.3) is 0 Å². The van der Waals surface area contributed by atoms with E-state index in [9.17, 15) is 34.2 Å². The lowest BCUT2D eigenvalue weighted by Gasteiger charge is -2.24. The van der Waals surface area contributed by atoms with Crippen molar-refractivity contribution in [3.8, 4) is 0 Å². The number of aliphatic hydroxyl groups is 1. The molecular formula is C24H34N8O8. The number of hydrogen-bond acceptors (Lipinski definition) is 8. The zero-order chi connectivity index (χ0) is 29.8. The number of carbonyl (C=O) groups is 5. The molecule has 218 valence electrons. The Bertz CT molecular complexity index is 1240. The van der Waals surface area contributed by atoms with Crippen molar-refractivity contribution in [2.75, 3.05) is 13.2 Å². The van der Waals surface area contributed by atoms with Gasteiger partial charge in [0.15, 0.2) is 5.96 Å². The van der Waals surface area contributed by atoms with E-state index in [-0.39, 0.29) is 31.8 Å². The second kappa shape index (κ2) is 15.0. The second-order valence-electron chi connectivity index (χ2n) is 8.92. The minimum absolute atomic E-state index is 0.0355. The van der Waals surface area contributed by atoms with Crippen LogP contribution in [0.15, 0.2) is 35.5 Å². The van der Waals surface area contributed by atoms with Gasteiger partial charge in [-0.15, -0.1) is 0 Å². The molecule has 3 amide bonds. The molecule has 0 aliphatic rings. The van der Waals surface area contributed by atoms with Crippen LogP contribution in [-0.4, -0.2) is 93.2 Å². The highest BCUT2D eigenvalue weighted by Crippen LogP contribution is 2.19. The lowest BCUT2D eigenvalue weighted by Crippen LogP contribution is -2.58. The van der Waals surface area contributed by atoms with Gasteiger partial charge in [0.2, 0.25) is 17.7 Å². The van der Waals surface area contributed by atoms with Crippen molar-refractivity contribution >= 4 is 46.5 Å². The fourth-order valence-corrected chi connectivity index (χ4v) is 3.79. The van der Waals surface area contributed by atoms with Gasteiger partial charge >= 0.3 is 11.9 Å². The van der Waals surface area contributed by atoms with Gasteiger partial charge in [-0.25, -0.2) is 4.79 Å². The minimum Gasteiger partial charge on any atom is -0.481 e. The Kier molecular flexibility index (Phi) is 11.8. The van der Waals surface area contributed by atoms with Crippen molar-refractivity contribution in [1.82, 2.24) is 20.9 Å². The van der Waals surface area contributed by atoms with E-state index < -0.39 is 66.9 Å². The third-order valence-electron chi connectivity index (χ3n) is 5.84. The fourth-order valence-electron chi connectivity index (χ4n) is 3.79. The minimum atomic E-state index is -1.57. The monoisotopic (exact) mass is 562 g/mol. The first kappa shape index (κ1) is 31.5. The molecule has 0 radical (unpaired) electrons. The van der Waals surface area contributed by atoms with Gasteiger partial charge in [0.1, 0.15) is 18.1 Å². The van der Waals surface area contributed by atoms with Gasteiger partial charge in [0, 0.05) is 30.1 Å². The largest absolute Gasteiger partial charge is 0.481 e. The van der Waals surface area contributed by atoms with E-state index in [2.05, 4.69) is 25.9 Å². The quantitative estimate of drug-likeness (QED) is 0.0562. The molecule has 0 saturated heterocycles. The van der Waals surface area contributed by atoms with E-state index in [1.54, 1.807) is 18.3 Å². The predicted octanol–water partition coefficient (Wildman–Crippen LogP) is -2.90. The van der Waals surface area contributed by atoms with Crippen molar-refractivity contribution in [3.63, 3.8) is 0 Å². The maximum Gasteiger partial charge on any atom is 0.326 e. The van der Waals surface area contributed by atoms with Crippen LogP contribution in [-0.2, 0) is 30.4 Å². The second-order valence-corrected chi connectivity index (χ2v) is 8.92. The predicted molar refractivity (Wildman–Crippen MR) is 143 cm³/mol. The molecule has 2 rings (SSSR count). The molecule has 1 aromatic heterocycles. The molecule has 13 N–H and O–H groups in total. The van der Waals surface area contributed by atoms with Crippen molar-refractivity contribution in [2.45, 2.75) is 49.9 Å². The number of para-hydroxylation sites is 1. The van der Waals surface area contributed by atoms with Crippen molar-refractivity contribution in [3.05, 3.63) is 36.0 Å². The van der Waals surface area contributed by atoms with E-state index in [4.69, 9.17) is 22.3 Å². The van der Waals surface area contributed by atoms with Crippen molar-refractivity contribution in [1.29, 1.82) is 0 Å². The summed E-state index contributed by atoms with van der Waals surface area (Å²) in [4.78, 5) is 67.7. The number of benzene rings is 1. The average Bonchev–Trinajstić information content (AvgIpc) is 3.30. The van der Waals surface area contributed by atoms with Crippen LogP contribution in [0.1, 0.15) is 24.8 Å². The Morgan fingerprint density at radius 3 is 2.17 bits per heavy atom. The summed E-state index contributed by atoms with van der Waals surface area (Å²) in [7, 11) is 0. The molecule has 4 unspecified atom stereocenters. The van der Waals surface area contributed by atoms with Gasteiger partial charge in [-0.2, -0.15) is 0 Å². The normalized spacial score (nSPS) is 13.8. The maximum absolute atomic E-state index is 13.0. The number of aliphatic carboxylic acids is 2. The first-order valence-corrected chi connectivity index (χ1v) is 12.3. The molecular weight excluding hydrogens is 528 g/mol. The Morgan fingerprint density at radius 2 is 1.55 bits per heavy atom. The van der Waals surface area contributed by atoms with E-state index in [0.717, 1.165) is 10.9 Å². The summed E-state index contributed by atoms with van der Waals surface area (Å²) in [6.07, 6.45) is 1.02. The highest BCUT2D eigenvalue weighted by Gasteiger charge is 2.30. The summed E-state index contributed by atoms with van der Waals surface area (Å²) >= 11 is 0. The molecule has 0 bridgehead atoms. The number of aliphatic imine (C=N–C) groups is 1.